The normalized spacial score (nSPS) is 11.4. The molecular formula is C6H15N2O5P. The summed E-state index contributed by atoms with van der Waals surface area (Å²) in [6.07, 6.45) is 0.900. The third-order valence-electron chi connectivity index (χ3n) is 1.29. The van der Waals surface area contributed by atoms with Gasteiger partial charge in [-0.3, -0.25) is 9.32 Å². The van der Waals surface area contributed by atoms with E-state index in [4.69, 9.17) is 15.5 Å². The van der Waals surface area contributed by atoms with Crippen LogP contribution in [0, 0.1) is 0 Å². The number of phosphoric ester groups is 1. The Labute approximate surface area is 81.9 Å². The molecule has 0 atom stereocenters. The maximum Gasteiger partial charge on any atom is 0.469 e. The Balaban J connectivity index is 3.36. The summed E-state index contributed by atoms with van der Waals surface area (Å²) in [7, 11) is -4.42. The Morgan fingerprint density at radius 3 is 2.64 bits per heavy atom. The Hall–Kier alpha value is -0.460. The molecule has 0 unspecified atom stereocenters. The van der Waals surface area contributed by atoms with E-state index in [2.05, 4.69) is 9.84 Å². The predicted molar refractivity (Wildman–Crippen MR) is 49.3 cm³/mol. The number of amides is 1. The quantitative estimate of drug-likeness (QED) is 0.324. The molecular weight excluding hydrogens is 211 g/mol. The predicted octanol–water partition coefficient (Wildman–Crippen LogP) is -1.05. The number of phosphoric acid groups is 1. The first-order valence-corrected chi connectivity index (χ1v) is 5.65. The zero-order valence-electron chi connectivity index (χ0n) is 7.68. The van der Waals surface area contributed by atoms with E-state index in [1.807, 2.05) is 0 Å². The van der Waals surface area contributed by atoms with Crippen molar-refractivity contribution in [3.8, 4) is 0 Å². The average Bonchev–Trinajstić information content (AvgIpc) is 2.07. The summed E-state index contributed by atoms with van der Waals surface area (Å²) >= 11 is 0. The van der Waals surface area contributed by atoms with Crippen LogP contribution in [0.1, 0.15) is 12.8 Å². The summed E-state index contributed by atoms with van der Waals surface area (Å²) in [5.41, 5.74) is 5.18. The van der Waals surface area contributed by atoms with Crippen molar-refractivity contribution in [2.75, 3.05) is 19.7 Å². The lowest BCUT2D eigenvalue weighted by molar-refractivity contribution is -0.121. The van der Waals surface area contributed by atoms with E-state index < -0.39 is 7.82 Å². The van der Waals surface area contributed by atoms with Gasteiger partial charge in [0.1, 0.15) is 0 Å². The van der Waals surface area contributed by atoms with Crippen molar-refractivity contribution < 1.29 is 23.7 Å². The van der Waals surface area contributed by atoms with Crippen LogP contribution in [0.15, 0.2) is 0 Å². The first-order chi connectivity index (χ1) is 6.45. The highest BCUT2D eigenvalue weighted by Gasteiger charge is 2.12. The number of hydrogen-bond donors (Lipinski definition) is 4. The maximum absolute atomic E-state index is 10.9. The average molecular weight is 226 g/mol. The minimum absolute atomic E-state index is 0.0779. The lowest BCUT2D eigenvalue weighted by Crippen LogP contribution is -2.27. The molecule has 0 radical (unpaired) electrons. The van der Waals surface area contributed by atoms with Gasteiger partial charge < -0.3 is 20.8 Å². The lowest BCUT2D eigenvalue weighted by atomic mass is 10.3. The van der Waals surface area contributed by atoms with Crippen molar-refractivity contribution >= 4 is 13.7 Å². The van der Waals surface area contributed by atoms with Gasteiger partial charge in [-0.2, -0.15) is 0 Å². The minimum atomic E-state index is -4.42. The standard InChI is InChI=1S/C6H15N2O5P/c7-3-1-2-6(9)8-4-5-13-14(10,11)12/h1-5,7H2,(H,8,9)(H2,10,11,12). The van der Waals surface area contributed by atoms with E-state index in [-0.39, 0.29) is 19.1 Å². The van der Waals surface area contributed by atoms with Crippen molar-refractivity contribution in [3.63, 3.8) is 0 Å². The highest BCUT2D eigenvalue weighted by atomic mass is 31.2. The second-order valence-corrected chi connectivity index (χ2v) is 3.81. The fraction of sp³-hybridized carbons (Fsp3) is 0.833. The molecule has 5 N–H and O–H groups in total. The van der Waals surface area contributed by atoms with Gasteiger partial charge in [-0.15, -0.1) is 0 Å². The third kappa shape index (κ3) is 9.63. The largest absolute Gasteiger partial charge is 0.469 e. The topological polar surface area (TPSA) is 122 Å². The molecule has 0 saturated carbocycles. The summed E-state index contributed by atoms with van der Waals surface area (Å²) in [5, 5.41) is 2.43. The van der Waals surface area contributed by atoms with Crippen LogP contribution in [0.4, 0.5) is 0 Å². The van der Waals surface area contributed by atoms with Crippen LogP contribution in [0.2, 0.25) is 0 Å². The molecule has 8 heteroatoms. The first-order valence-electron chi connectivity index (χ1n) is 4.12. The van der Waals surface area contributed by atoms with Gasteiger partial charge in [0.05, 0.1) is 6.61 Å². The fourth-order valence-corrected chi connectivity index (χ4v) is 1.04. The second kappa shape index (κ2) is 6.92. The molecule has 0 spiro atoms. The molecule has 0 aromatic heterocycles. The second-order valence-electron chi connectivity index (χ2n) is 2.57. The summed E-state index contributed by atoms with van der Waals surface area (Å²) in [6.45, 7) is 0.305. The molecule has 0 rings (SSSR count). The Morgan fingerprint density at radius 2 is 2.14 bits per heavy atom. The van der Waals surface area contributed by atoms with Crippen LogP contribution in [0.5, 0.6) is 0 Å². The molecule has 0 aliphatic heterocycles. The number of nitrogens with two attached hydrogens (primary N) is 1. The molecule has 0 saturated heterocycles. The van der Waals surface area contributed by atoms with Crippen LogP contribution in [0.3, 0.4) is 0 Å². The molecule has 1 amide bonds. The van der Waals surface area contributed by atoms with Gasteiger partial charge in [-0.1, -0.05) is 0 Å². The highest BCUT2D eigenvalue weighted by Crippen LogP contribution is 2.34. The van der Waals surface area contributed by atoms with Crippen LogP contribution in [-0.2, 0) is 13.9 Å². The molecule has 0 aromatic carbocycles. The van der Waals surface area contributed by atoms with Crippen molar-refractivity contribution in [3.05, 3.63) is 0 Å². The Morgan fingerprint density at radius 1 is 1.50 bits per heavy atom. The number of rotatable bonds is 7. The molecule has 0 aliphatic carbocycles. The molecule has 7 nitrogen and oxygen atoms in total. The molecule has 14 heavy (non-hydrogen) atoms. The molecule has 0 bridgehead atoms. The zero-order chi connectivity index (χ0) is 11.0. The Bertz CT molecular complexity index is 216. The van der Waals surface area contributed by atoms with Crippen LogP contribution in [-0.4, -0.2) is 35.4 Å². The van der Waals surface area contributed by atoms with Gasteiger partial charge >= 0.3 is 7.82 Å². The van der Waals surface area contributed by atoms with E-state index in [1.165, 1.54) is 0 Å². The van der Waals surface area contributed by atoms with Gasteiger partial charge in [0.2, 0.25) is 5.91 Å². The van der Waals surface area contributed by atoms with E-state index in [1.54, 1.807) is 0 Å². The first kappa shape index (κ1) is 13.5. The van der Waals surface area contributed by atoms with E-state index in [9.17, 15) is 9.36 Å². The van der Waals surface area contributed by atoms with E-state index in [0.717, 1.165) is 0 Å². The Kier molecular flexibility index (Phi) is 6.69. The fourth-order valence-electron chi connectivity index (χ4n) is 0.706. The van der Waals surface area contributed by atoms with Crippen molar-refractivity contribution in [2.24, 2.45) is 5.73 Å². The van der Waals surface area contributed by atoms with Gasteiger partial charge in [-0.05, 0) is 13.0 Å². The van der Waals surface area contributed by atoms with Crippen molar-refractivity contribution in [2.45, 2.75) is 12.8 Å². The van der Waals surface area contributed by atoms with E-state index >= 15 is 0 Å². The van der Waals surface area contributed by atoms with Crippen molar-refractivity contribution in [1.82, 2.24) is 5.32 Å². The lowest BCUT2D eigenvalue weighted by Gasteiger charge is -2.06. The van der Waals surface area contributed by atoms with Crippen LogP contribution < -0.4 is 11.1 Å². The SMILES string of the molecule is NCCCC(=O)NCCOP(=O)(O)O. The number of nitrogens with one attached hydrogen (secondary N) is 1. The summed E-state index contributed by atoms with van der Waals surface area (Å²) in [4.78, 5) is 27.5. The van der Waals surface area contributed by atoms with Gasteiger partial charge in [0.15, 0.2) is 0 Å². The van der Waals surface area contributed by atoms with Crippen LogP contribution in [0.25, 0.3) is 0 Å². The molecule has 0 heterocycles. The summed E-state index contributed by atoms with van der Waals surface area (Å²) < 4.78 is 14.3. The van der Waals surface area contributed by atoms with Crippen molar-refractivity contribution in [1.29, 1.82) is 0 Å². The number of carbonyl (C=O) groups is 1. The number of hydrogen-bond acceptors (Lipinski definition) is 4. The van der Waals surface area contributed by atoms with Gasteiger partial charge in [-0.25, -0.2) is 4.57 Å². The smallest absolute Gasteiger partial charge is 0.354 e. The third-order valence-corrected chi connectivity index (χ3v) is 1.81. The molecule has 0 aliphatic rings. The monoisotopic (exact) mass is 226 g/mol. The summed E-state index contributed by atoms with van der Waals surface area (Å²) in [6, 6.07) is 0. The van der Waals surface area contributed by atoms with E-state index in [0.29, 0.717) is 19.4 Å². The highest BCUT2D eigenvalue weighted by molar-refractivity contribution is 7.46. The zero-order valence-corrected chi connectivity index (χ0v) is 8.57. The molecule has 0 fully saturated rings. The van der Waals surface area contributed by atoms with Crippen LogP contribution >= 0.6 is 7.82 Å². The number of carbonyl (C=O) groups excluding carboxylic acids is 1. The molecule has 0 aromatic rings. The minimum Gasteiger partial charge on any atom is -0.354 e. The van der Waals surface area contributed by atoms with Gasteiger partial charge in [0.25, 0.3) is 0 Å². The van der Waals surface area contributed by atoms with Gasteiger partial charge in [0, 0.05) is 13.0 Å². The maximum atomic E-state index is 10.9. The summed E-state index contributed by atoms with van der Waals surface area (Å²) in [5.74, 6) is -0.204. The molecule has 84 valence electrons.